The first-order valence-corrected chi connectivity index (χ1v) is 11.5. The van der Waals surface area contributed by atoms with Crippen molar-refractivity contribution in [2.75, 3.05) is 39.5 Å². The zero-order chi connectivity index (χ0) is 25.0. The molecule has 0 heterocycles. The summed E-state index contributed by atoms with van der Waals surface area (Å²) in [5, 5.41) is 32.2. The van der Waals surface area contributed by atoms with Gasteiger partial charge in [-0.1, -0.05) is 30.3 Å². The van der Waals surface area contributed by atoms with E-state index < -0.39 is 12.1 Å². The minimum Gasteiger partial charge on any atom is -0.508 e. The molecular formula is C27H32ClNO7. The van der Waals surface area contributed by atoms with E-state index in [1.54, 1.807) is 30.3 Å². The molecule has 194 valence electrons. The minimum absolute atomic E-state index is 0. The van der Waals surface area contributed by atoms with Crippen LogP contribution >= 0.6 is 12.4 Å². The number of benzene rings is 3. The number of ether oxygens (including phenoxy) is 3. The summed E-state index contributed by atoms with van der Waals surface area (Å²) >= 11 is 0. The van der Waals surface area contributed by atoms with Crippen LogP contribution in [0, 0.1) is 0 Å². The molecule has 0 saturated carbocycles. The van der Waals surface area contributed by atoms with E-state index >= 15 is 0 Å². The average molecular weight is 518 g/mol. The molecule has 3 rings (SSSR count). The van der Waals surface area contributed by atoms with Gasteiger partial charge in [-0.15, -0.1) is 12.4 Å². The van der Waals surface area contributed by atoms with E-state index in [1.807, 2.05) is 31.2 Å². The molecule has 0 aromatic heterocycles. The van der Waals surface area contributed by atoms with Crippen molar-refractivity contribution in [3.63, 3.8) is 0 Å². The van der Waals surface area contributed by atoms with Crippen molar-refractivity contribution in [1.29, 1.82) is 0 Å². The van der Waals surface area contributed by atoms with Crippen LogP contribution in [0.15, 0.2) is 66.7 Å². The molecule has 0 aliphatic rings. The van der Waals surface area contributed by atoms with Crippen LogP contribution < -0.4 is 14.8 Å². The second kappa shape index (κ2) is 15.0. The summed E-state index contributed by atoms with van der Waals surface area (Å²) in [7, 11) is 0. The number of halogens is 1. The molecule has 1 atom stereocenters. The van der Waals surface area contributed by atoms with Crippen molar-refractivity contribution < 1.29 is 34.3 Å². The summed E-state index contributed by atoms with van der Waals surface area (Å²) in [6.07, 6.45) is -0.720. The van der Waals surface area contributed by atoms with E-state index in [0.29, 0.717) is 50.0 Å². The molecule has 0 fully saturated rings. The van der Waals surface area contributed by atoms with Crippen LogP contribution in [0.3, 0.4) is 0 Å². The van der Waals surface area contributed by atoms with Gasteiger partial charge in [0.05, 0.1) is 12.7 Å². The molecule has 0 spiro atoms. The summed E-state index contributed by atoms with van der Waals surface area (Å²) < 4.78 is 16.7. The number of phenolic OH excluding ortho intramolecular Hbond substituents is 1. The molecule has 36 heavy (non-hydrogen) atoms. The van der Waals surface area contributed by atoms with Gasteiger partial charge in [0.2, 0.25) is 0 Å². The van der Waals surface area contributed by atoms with Crippen molar-refractivity contribution in [3.8, 4) is 28.4 Å². The van der Waals surface area contributed by atoms with Gasteiger partial charge in [-0.2, -0.15) is 0 Å². The predicted octanol–water partition coefficient (Wildman–Crippen LogP) is 4.30. The number of aromatic hydroxyl groups is 1. The maximum absolute atomic E-state index is 11.5. The largest absolute Gasteiger partial charge is 0.508 e. The van der Waals surface area contributed by atoms with E-state index in [9.17, 15) is 20.1 Å². The third-order valence-corrected chi connectivity index (χ3v) is 5.23. The second-order valence-corrected chi connectivity index (χ2v) is 7.75. The Labute approximate surface area is 216 Å². The standard InChI is InChI=1S/C27H31NO7.ClH/c1-2-33-14-15-35-26-17-20(8-11-24(26)27(31)32)19-6-9-23(10-7-19)34-13-12-28-18-25(30)21-4-3-5-22(29)16-21;/h3-11,16-17,25,28-30H,2,12-15,18H2,1H3,(H,31,32);1H/t25-;/m0./s1. The topological polar surface area (TPSA) is 117 Å². The highest BCUT2D eigenvalue weighted by atomic mass is 35.5. The maximum Gasteiger partial charge on any atom is 0.339 e. The first-order chi connectivity index (χ1) is 17.0. The number of carboxylic acid groups (broad SMARTS) is 1. The fraction of sp³-hybridized carbons (Fsp3) is 0.296. The van der Waals surface area contributed by atoms with Gasteiger partial charge in [0, 0.05) is 19.7 Å². The molecule has 4 N–H and O–H groups in total. The lowest BCUT2D eigenvalue weighted by molar-refractivity contribution is 0.0687. The molecule has 0 unspecified atom stereocenters. The number of hydrogen-bond donors (Lipinski definition) is 4. The highest BCUT2D eigenvalue weighted by molar-refractivity contribution is 5.92. The third kappa shape index (κ3) is 8.73. The molecular weight excluding hydrogens is 486 g/mol. The molecule has 9 heteroatoms. The van der Waals surface area contributed by atoms with Gasteiger partial charge in [0.25, 0.3) is 0 Å². The van der Waals surface area contributed by atoms with Crippen molar-refractivity contribution in [2.45, 2.75) is 13.0 Å². The molecule has 0 aliphatic carbocycles. The van der Waals surface area contributed by atoms with Gasteiger partial charge >= 0.3 is 5.97 Å². The lowest BCUT2D eigenvalue weighted by Crippen LogP contribution is -2.26. The van der Waals surface area contributed by atoms with Gasteiger partial charge in [-0.3, -0.25) is 0 Å². The number of phenols is 1. The van der Waals surface area contributed by atoms with E-state index in [-0.39, 0.29) is 30.3 Å². The first-order valence-electron chi connectivity index (χ1n) is 11.5. The number of rotatable bonds is 14. The van der Waals surface area contributed by atoms with Gasteiger partial charge < -0.3 is 34.8 Å². The molecule has 0 saturated heterocycles. The SMILES string of the molecule is CCOCCOc1cc(-c2ccc(OCCNC[C@H](O)c3cccc(O)c3)cc2)ccc1C(=O)O.Cl. The Morgan fingerprint density at radius 2 is 1.69 bits per heavy atom. The number of aromatic carboxylic acids is 1. The lowest BCUT2D eigenvalue weighted by Gasteiger charge is -2.13. The van der Waals surface area contributed by atoms with Crippen molar-refractivity contribution in [2.24, 2.45) is 0 Å². The average Bonchev–Trinajstić information content (AvgIpc) is 2.86. The fourth-order valence-corrected chi connectivity index (χ4v) is 3.43. The predicted molar refractivity (Wildman–Crippen MR) is 140 cm³/mol. The molecule has 0 bridgehead atoms. The monoisotopic (exact) mass is 517 g/mol. The van der Waals surface area contributed by atoms with Gasteiger partial charge in [0.15, 0.2) is 0 Å². The van der Waals surface area contributed by atoms with Gasteiger partial charge in [-0.25, -0.2) is 4.79 Å². The van der Waals surface area contributed by atoms with Crippen molar-refractivity contribution >= 4 is 18.4 Å². The lowest BCUT2D eigenvalue weighted by atomic mass is 10.0. The van der Waals surface area contributed by atoms with Crippen molar-refractivity contribution in [3.05, 3.63) is 77.9 Å². The van der Waals surface area contributed by atoms with Crippen LogP contribution in [0.5, 0.6) is 17.2 Å². The van der Waals surface area contributed by atoms with Crippen LogP contribution in [0.25, 0.3) is 11.1 Å². The summed E-state index contributed by atoms with van der Waals surface area (Å²) in [6.45, 7) is 4.40. The second-order valence-electron chi connectivity index (χ2n) is 7.75. The van der Waals surface area contributed by atoms with E-state index in [1.165, 1.54) is 12.1 Å². The quantitative estimate of drug-likeness (QED) is 0.234. The highest BCUT2D eigenvalue weighted by Gasteiger charge is 2.13. The molecule has 3 aromatic carbocycles. The summed E-state index contributed by atoms with van der Waals surface area (Å²) in [5.74, 6) is 0.0691. The third-order valence-electron chi connectivity index (χ3n) is 5.23. The Morgan fingerprint density at radius 1 is 0.944 bits per heavy atom. The van der Waals surface area contributed by atoms with E-state index in [4.69, 9.17) is 14.2 Å². The fourth-order valence-electron chi connectivity index (χ4n) is 3.43. The number of aliphatic hydroxyl groups is 1. The highest BCUT2D eigenvalue weighted by Crippen LogP contribution is 2.29. The van der Waals surface area contributed by atoms with Crippen LogP contribution in [0.4, 0.5) is 0 Å². The Balaban J connectivity index is 0.00000456. The number of carboxylic acids is 1. The van der Waals surface area contributed by atoms with Gasteiger partial charge in [0.1, 0.15) is 36.0 Å². The van der Waals surface area contributed by atoms with Gasteiger partial charge in [-0.05, 0) is 60.0 Å². The maximum atomic E-state index is 11.5. The number of aliphatic hydroxyl groups excluding tert-OH is 1. The summed E-state index contributed by atoms with van der Waals surface area (Å²) in [4.78, 5) is 11.5. The molecule has 3 aromatic rings. The number of hydrogen-bond acceptors (Lipinski definition) is 7. The first kappa shape index (κ1) is 28.9. The molecule has 0 radical (unpaired) electrons. The number of nitrogens with one attached hydrogen (secondary N) is 1. The Morgan fingerprint density at radius 3 is 2.39 bits per heavy atom. The Bertz CT molecular complexity index is 1090. The zero-order valence-corrected chi connectivity index (χ0v) is 20.9. The normalized spacial score (nSPS) is 11.4. The number of carbonyl (C=O) groups is 1. The summed E-state index contributed by atoms with van der Waals surface area (Å²) in [5.41, 5.74) is 2.48. The minimum atomic E-state index is -1.05. The van der Waals surface area contributed by atoms with Crippen LogP contribution in [0.1, 0.15) is 28.9 Å². The van der Waals surface area contributed by atoms with Crippen LogP contribution in [0.2, 0.25) is 0 Å². The molecule has 0 aliphatic heterocycles. The van der Waals surface area contributed by atoms with E-state index in [2.05, 4.69) is 5.32 Å². The Hall–Kier alpha value is -3.30. The van der Waals surface area contributed by atoms with E-state index in [0.717, 1.165) is 11.1 Å². The van der Waals surface area contributed by atoms with Crippen LogP contribution in [-0.4, -0.2) is 60.8 Å². The summed E-state index contributed by atoms with van der Waals surface area (Å²) in [6, 6.07) is 19.0. The smallest absolute Gasteiger partial charge is 0.339 e. The molecule has 8 nitrogen and oxygen atoms in total. The van der Waals surface area contributed by atoms with Crippen LogP contribution in [-0.2, 0) is 4.74 Å². The van der Waals surface area contributed by atoms with Crippen molar-refractivity contribution in [1.82, 2.24) is 5.32 Å². The Kier molecular flexibility index (Phi) is 12.0. The molecule has 0 amide bonds. The zero-order valence-electron chi connectivity index (χ0n) is 20.1.